The van der Waals surface area contributed by atoms with Crippen LogP contribution in [0.3, 0.4) is 0 Å². The molecule has 0 fully saturated rings. The molecule has 94 valence electrons. The molecule has 3 N–H and O–H groups in total. The van der Waals surface area contributed by atoms with Crippen molar-refractivity contribution in [3.63, 3.8) is 0 Å². The Morgan fingerprint density at radius 3 is 2.38 bits per heavy atom. The van der Waals surface area contributed by atoms with Gasteiger partial charge in [-0.2, -0.15) is 0 Å². The normalized spacial score (nSPS) is 14.1. The van der Waals surface area contributed by atoms with Crippen molar-refractivity contribution in [3.05, 3.63) is 0 Å². The number of nitrogens with two attached hydrogens (primary N) is 1. The topological polar surface area (TPSA) is 75.4 Å². The standard InChI is InChI=1S/C11H23N3O2/c1-5-8(2)10(12)11(16)13-7-6-9(15)14(3)4/h8,10H,5-7,12H2,1-4H3,(H,13,16)/t8?,10-/m0/s1. The monoisotopic (exact) mass is 229 g/mol. The molecule has 0 rings (SSSR count). The molecule has 0 bridgehead atoms. The minimum Gasteiger partial charge on any atom is -0.354 e. The number of nitrogens with zero attached hydrogens (tertiary/aromatic N) is 1. The quantitative estimate of drug-likeness (QED) is 0.671. The summed E-state index contributed by atoms with van der Waals surface area (Å²) in [5.74, 6) is -0.0251. The van der Waals surface area contributed by atoms with E-state index in [0.29, 0.717) is 13.0 Å². The van der Waals surface area contributed by atoms with Crippen LogP contribution < -0.4 is 11.1 Å². The van der Waals surface area contributed by atoms with Gasteiger partial charge in [-0.1, -0.05) is 20.3 Å². The maximum Gasteiger partial charge on any atom is 0.237 e. The lowest BCUT2D eigenvalue weighted by molar-refractivity contribution is -0.128. The summed E-state index contributed by atoms with van der Waals surface area (Å²) < 4.78 is 0. The van der Waals surface area contributed by atoms with Crippen LogP contribution in [0.2, 0.25) is 0 Å². The van der Waals surface area contributed by atoms with Crippen molar-refractivity contribution in [2.45, 2.75) is 32.7 Å². The third-order valence-corrected chi connectivity index (χ3v) is 2.70. The fourth-order valence-corrected chi connectivity index (χ4v) is 1.15. The molecule has 1 unspecified atom stereocenters. The lowest BCUT2D eigenvalue weighted by Gasteiger charge is -2.18. The largest absolute Gasteiger partial charge is 0.354 e. The highest BCUT2D eigenvalue weighted by Gasteiger charge is 2.18. The molecule has 0 aromatic rings. The van der Waals surface area contributed by atoms with Gasteiger partial charge in [-0.15, -0.1) is 0 Å². The molecule has 0 aliphatic rings. The first-order valence-corrected chi connectivity index (χ1v) is 5.63. The molecule has 16 heavy (non-hydrogen) atoms. The molecular weight excluding hydrogens is 206 g/mol. The second kappa shape index (κ2) is 7.22. The molecule has 2 atom stereocenters. The predicted octanol–water partition coefficient (Wildman–Crippen LogP) is -0.0457. The van der Waals surface area contributed by atoms with E-state index in [2.05, 4.69) is 5.32 Å². The number of hydrogen-bond donors (Lipinski definition) is 2. The van der Waals surface area contributed by atoms with Gasteiger partial charge in [0.25, 0.3) is 0 Å². The molecule has 0 aliphatic heterocycles. The molecule has 0 saturated carbocycles. The Morgan fingerprint density at radius 2 is 1.94 bits per heavy atom. The zero-order chi connectivity index (χ0) is 12.7. The van der Waals surface area contributed by atoms with Gasteiger partial charge in [0.1, 0.15) is 0 Å². The second-order valence-corrected chi connectivity index (χ2v) is 4.24. The van der Waals surface area contributed by atoms with E-state index in [1.54, 1.807) is 14.1 Å². The smallest absolute Gasteiger partial charge is 0.237 e. The average Bonchev–Trinajstić information content (AvgIpc) is 2.26. The highest BCUT2D eigenvalue weighted by atomic mass is 16.2. The van der Waals surface area contributed by atoms with Crippen molar-refractivity contribution in [3.8, 4) is 0 Å². The number of carbonyl (C=O) groups excluding carboxylic acids is 2. The van der Waals surface area contributed by atoms with Gasteiger partial charge in [-0.05, 0) is 5.92 Å². The number of hydrogen-bond acceptors (Lipinski definition) is 3. The molecule has 5 heteroatoms. The Balaban J connectivity index is 3.86. The number of nitrogens with one attached hydrogen (secondary N) is 1. The highest BCUT2D eigenvalue weighted by molar-refractivity contribution is 5.82. The molecule has 0 heterocycles. The first-order chi connectivity index (χ1) is 7.40. The van der Waals surface area contributed by atoms with Gasteiger partial charge in [0.05, 0.1) is 6.04 Å². The van der Waals surface area contributed by atoms with E-state index >= 15 is 0 Å². The van der Waals surface area contributed by atoms with Gasteiger partial charge in [0.15, 0.2) is 0 Å². The highest BCUT2D eigenvalue weighted by Crippen LogP contribution is 2.04. The number of amides is 2. The van der Waals surface area contributed by atoms with E-state index in [9.17, 15) is 9.59 Å². The third kappa shape index (κ3) is 5.11. The van der Waals surface area contributed by atoms with Crippen molar-refractivity contribution < 1.29 is 9.59 Å². The molecule has 5 nitrogen and oxygen atoms in total. The average molecular weight is 229 g/mol. The molecular formula is C11H23N3O2. The van der Waals surface area contributed by atoms with Crippen LogP contribution in [0, 0.1) is 5.92 Å². The minimum absolute atomic E-state index is 0.00240. The Hall–Kier alpha value is -1.10. The van der Waals surface area contributed by atoms with Gasteiger partial charge < -0.3 is 16.0 Å². The summed E-state index contributed by atoms with van der Waals surface area (Å²) in [4.78, 5) is 24.3. The Morgan fingerprint density at radius 1 is 1.38 bits per heavy atom. The lowest BCUT2D eigenvalue weighted by atomic mass is 9.99. The van der Waals surface area contributed by atoms with Crippen molar-refractivity contribution in [1.82, 2.24) is 10.2 Å². The van der Waals surface area contributed by atoms with E-state index in [4.69, 9.17) is 5.73 Å². The fraction of sp³-hybridized carbons (Fsp3) is 0.818. The maximum absolute atomic E-state index is 11.5. The van der Waals surface area contributed by atoms with Crippen molar-refractivity contribution >= 4 is 11.8 Å². The van der Waals surface area contributed by atoms with Crippen molar-refractivity contribution in [2.24, 2.45) is 11.7 Å². The molecule has 0 radical (unpaired) electrons. The maximum atomic E-state index is 11.5. The molecule has 0 aromatic carbocycles. The summed E-state index contributed by atoms with van der Waals surface area (Å²) in [6.07, 6.45) is 1.18. The zero-order valence-corrected chi connectivity index (χ0v) is 10.6. The van der Waals surface area contributed by atoms with Gasteiger partial charge in [-0.3, -0.25) is 9.59 Å². The first kappa shape index (κ1) is 14.9. The summed E-state index contributed by atoms with van der Waals surface area (Å²) in [5, 5.41) is 2.67. The molecule has 0 saturated heterocycles. The summed E-state index contributed by atoms with van der Waals surface area (Å²) in [6.45, 7) is 4.28. The van der Waals surface area contributed by atoms with Crippen LogP contribution >= 0.6 is 0 Å². The van der Waals surface area contributed by atoms with Crippen LogP contribution in [-0.2, 0) is 9.59 Å². The van der Waals surface area contributed by atoms with E-state index in [0.717, 1.165) is 6.42 Å². The Bertz CT molecular complexity index is 241. The summed E-state index contributed by atoms with van der Waals surface area (Å²) in [7, 11) is 3.38. The van der Waals surface area contributed by atoms with E-state index in [1.807, 2.05) is 13.8 Å². The van der Waals surface area contributed by atoms with E-state index in [-0.39, 0.29) is 17.7 Å². The van der Waals surface area contributed by atoms with Crippen LogP contribution in [0.1, 0.15) is 26.7 Å². The van der Waals surface area contributed by atoms with Crippen LogP contribution in [-0.4, -0.2) is 43.4 Å². The lowest BCUT2D eigenvalue weighted by Crippen LogP contribution is -2.45. The molecule has 0 spiro atoms. The fourth-order valence-electron chi connectivity index (χ4n) is 1.15. The summed E-state index contributed by atoms with van der Waals surface area (Å²) in [5.41, 5.74) is 5.74. The second-order valence-electron chi connectivity index (χ2n) is 4.24. The van der Waals surface area contributed by atoms with Crippen LogP contribution in [0.4, 0.5) is 0 Å². The summed E-state index contributed by atoms with van der Waals surface area (Å²) >= 11 is 0. The third-order valence-electron chi connectivity index (χ3n) is 2.70. The summed E-state index contributed by atoms with van der Waals surface area (Å²) in [6, 6.07) is -0.487. The Labute approximate surface area is 97.4 Å². The molecule has 2 amide bonds. The predicted molar refractivity (Wildman–Crippen MR) is 63.8 cm³/mol. The SMILES string of the molecule is CCC(C)[C@H](N)C(=O)NCCC(=O)N(C)C. The number of carbonyl (C=O) groups is 2. The van der Waals surface area contributed by atoms with Gasteiger partial charge >= 0.3 is 0 Å². The van der Waals surface area contributed by atoms with Crippen LogP contribution in [0.25, 0.3) is 0 Å². The van der Waals surface area contributed by atoms with Gasteiger partial charge in [0, 0.05) is 27.1 Å². The van der Waals surface area contributed by atoms with E-state index < -0.39 is 6.04 Å². The van der Waals surface area contributed by atoms with Crippen LogP contribution in [0.5, 0.6) is 0 Å². The minimum atomic E-state index is -0.487. The molecule has 0 aromatic heterocycles. The number of rotatable bonds is 6. The first-order valence-electron chi connectivity index (χ1n) is 5.63. The van der Waals surface area contributed by atoms with Crippen LogP contribution in [0.15, 0.2) is 0 Å². The van der Waals surface area contributed by atoms with Gasteiger partial charge in [0.2, 0.25) is 11.8 Å². The molecule has 0 aliphatic carbocycles. The van der Waals surface area contributed by atoms with Crippen molar-refractivity contribution in [2.75, 3.05) is 20.6 Å². The Kier molecular flexibility index (Phi) is 6.72. The van der Waals surface area contributed by atoms with Crippen molar-refractivity contribution in [1.29, 1.82) is 0 Å². The zero-order valence-electron chi connectivity index (χ0n) is 10.6. The van der Waals surface area contributed by atoms with Gasteiger partial charge in [-0.25, -0.2) is 0 Å². The van der Waals surface area contributed by atoms with E-state index in [1.165, 1.54) is 4.90 Å².